The van der Waals surface area contributed by atoms with E-state index in [1.807, 2.05) is 52.4 Å². The van der Waals surface area contributed by atoms with E-state index >= 15 is 0 Å². The molecule has 1 aliphatic rings. The van der Waals surface area contributed by atoms with Crippen LogP contribution in [-0.4, -0.2) is 46.0 Å². The number of aromatic nitrogens is 3. The van der Waals surface area contributed by atoms with Crippen LogP contribution < -0.4 is 10.6 Å². The van der Waals surface area contributed by atoms with Gasteiger partial charge in [-0.05, 0) is 36.8 Å². The molecule has 8 nitrogen and oxygen atoms in total. The molecule has 0 spiro atoms. The largest absolute Gasteiger partial charge is 0.376 e. The Morgan fingerprint density at radius 1 is 1.25 bits per heavy atom. The Labute approximate surface area is 194 Å². The molecule has 3 amide bonds. The van der Waals surface area contributed by atoms with Crippen LogP contribution in [0.3, 0.4) is 0 Å². The SMILES string of the molecule is CCNC(=O)NC(=O)[C@@H](Sc1nnc(-c2cccs2)n1C[C@H]1CCCO1)c1ccccc1. The summed E-state index contributed by atoms with van der Waals surface area (Å²) in [4.78, 5) is 26.1. The Morgan fingerprint density at radius 2 is 2.09 bits per heavy atom. The maximum atomic E-state index is 13.1. The van der Waals surface area contributed by atoms with Crippen LogP contribution in [0.25, 0.3) is 10.7 Å². The first-order valence-electron chi connectivity index (χ1n) is 10.5. The van der Waals surface area contributed by atoms with Crippen LogP contribution >= 0.6 is 23.1 Å². The Morgan fingerprint density at radius 3 is 2.78 bits per heavy atom. The minimum atomic E-state index is -0.664. The number of urea groups is 1. The zero-order valence-corrected chi connectivity index (χ0v) is 19.3. The molecule has 10 heteroatoms. The van der Waals surface area contributed by atoms with E-state index in [-0.39, 0.29) is 6.10 Å². The number of nitrogens with zero attached hydrogens (tertiary/aromatic N) is 3. The lowest BCUT2D eigenvalue weighted by atomic mass is 10.1. The molecule has 2 aromatic heterocycles. The average Bonchev–Trinajstić information content (AvgIpc) is 3.56. The Balaban J connectivity index is 1.65. The van der Waals surface area contributed by atoms with Gasteiger partial charge in [0.25, 0.3) is 0 Å². The van der Waals surface area contributed by atoms with E-state index in [0.717, 1.165) is 35.7 Å². The van der Waals surface area contributed by atoms with Gasteiger partial charge in [-0.1, -0.05) is 48.2 Å². The summed E-state index contributed by atoms with van der Waals surface area (Å²) in [6, 6.07) is 12.8. The van der Waals surface area contributed by atoms with Crippen molar-refractivity contribution in [3.63, 3.8) is 0 Å². The van der Waals surface area contributed by atoms with Gasteiger partial charge in [0.1, 0.15) is 5.25 Å². The summed E-state index contributed by atoms with van der Waals surface area (Å²) in [5.74, 6) is 0.352. The van der Waals surface area contributed by atoms with Crippen molar-refractivity contribution in [1.82, 2.24) is 25.4 Å². The minimum Gasteiger partial charge on any atom is -0.376 e. The van der Waals surface area contributed by atoms with Crippen molar-refractivity contribution in [1.29, 1.82) is 0 Å². The molecular formula is C22H25N5O3S2. The fourth-order valence-electron chi connectivity index (χ4n) is 3.51. The summed E-state index contributed by atoms with van der Waals surface area (Å²) in [5.41, 5.74) is 0.781. The van der Waals surface area contributed by atoms with Crippen molar-refractivity contribution in [2.45, 2.75) is 42.8 Å². The monoisotopic (exact) mass is 471 g/mol. The van der Waals surface area contributed by atoms with Crippen molar-refractivity contribution in [2.75, 3.05) is 13.2 Å². The van der Waals surface area contributed by atoms with Crippen LogP contribution in [0.4, 0.5) is 4.79 Å². The van der Waals surface area contributed by atoms with Crippen molar-refractivity contribution in [3.05, 3.63) is 53.4 Å². The zero-order chi connectivity index (χ0) is 22.3. The van der Waals surface area contributed by atoms with Gasteiger partial charge in [-0.25, -0.2) is 4.79 Å². The van der Waals surface area contributed by atoms with Gasteiger partial charge in [0, 0.05) is 13.2 Å². The first kappa shape index (κ1) is 22.5. The molecule has 0 bridgehead atoms. The van der Waals surface area contributed by atoms with Crippen molar-refractivity contribution in [2.24, 2.45) is 0 Å². The molecule has 0 radical (unpaired) electrons. The van der Waals surface area contributed by atoms with E-state index in [1.165, 1.54) is 11.8 Å². The molecule has 168 valence electrons. The molecule has 32 heavy (non-hydrogen) atoms. The van der Waals surface area contributed by atoms with E-state index in [9.17, 15) is 9.59 Å². The Kier molecular flexibility index (Phi) is 7.56. The second-order valence-corrected chi connectivity index (χ2v) is 9.31. The lowest BCUT2D eigenvalue weighted by molar-refractivity contribution is -0.119. The summed E-state index contributed by atoms with van der Waals surface area (Å²) in [5, 5.41) is 15.8. The van der Waals surface area contributed by atoms with Crippen molar-refractivity contribution < 1.29 is 14.3 Å². The third-order valence-electron chi connectivity index (χ3n) is 5.01. The van der Waals surface area contributed by atoms with Gasteiger partial charge >= 0.3 is 6.03 Å². The predicted octanol–water partition coefficient (Wildman–Crippen LogP) is 3.86. The van der Waals surface area contributed by atoms with Gasteiger partial charge in [0.05, 0.1) is 17.5 Å². The van der Waals surface area contributed by atoms with E-state index in [0.29, 0.717) is 18.2 Å². The smallest absolute Gasteiger partial charge is 0.321 e. The molecule has 0 aliphatic carbocycles. The molecule has 3 aromatic rings. The topological polar surface area (TPSA) is 98.1 Å². The highest BCUT2D eigenvalue weighted by Gasteiger charge is 2.28. The summed E-state index contributed by atoms with van der Waals surface area (Å²) >= 11 is 2.88. The van der Waals surface area contributed by atoms with Gasteiger partial charge < -0.3 is 10.1 Å². The number of hydrogen-bond acceptors (Lipinski definition) is 7. The highest BCUT2D eigenvalue weighted by atomic mass is 32.2. The lowest BCUT2D eigenvalue weighted by Crippen LogP contribution is -2.41. The number of rotatable bonds is 8. The maximum absolute atomic E-state index is 13.1. The number of thioether (sulfide) groups is 1. The fourth-order valence-corrected chi connectivity index (χ4v) is 5.27. The number of hydrogen-bond donors (Lipinski definition) is 2. The average molecular weight is 472 g/mol. The maximum Gasteiger partial charge on any atom is 0.321 e. The van der Waals surface area contributed by atoms with E-state index in [2.05, 4.69) is 20.8 Å². The Bertz CT molecular complexity index is 1030. The summed E-state index contributed by atoms with van der Waals surface area (Å²) in [6.45, 7) is 3.60. The summed E-state index contributed by atoms with van der Waals surface area (Å²) < 4.78 is 7.89. The summed E-state index contributed by atoms with van der Waals surface area (Å²) in [6.07, 6.45) is 2.10. The third kappa shape index (κ3) is 5.37. The molecule has 3 heterocycles. The first-order valence-corrected chi connectivity index (χ1v) is 12.3. The van der Waals surface area contributed by atoms with Crippen LogP contribution in [0.1, 0.15) is 30.6 Å². The van der Waals surface area contributed by atoms with Gasteiger partial charge in [-0.3, -0.25) is 14.7 Å². The van der Waals surface area contributed by atoms with E-state index in [1.54, 1.807) is 18.3 Å². The highest BCUT2D eigenvalue weighted by Crippen LogP contribution is 2.37. The van der Waals surface area contributed by atoms with Gasteiger partial charge in [0.15, 0.2) is 11.0 Å². The lowest BCUT2D eigenvalue weighted by Gasteiger charge is -2.18. The standard InChI is InChI=1S/C22H25N5O3S2/c1-2-23-21(29)24-20(28)18(15-8-4-3-5-9-15)32-22-26-25-19(17-11-7-13-31-17)27(22)14-16-10-6-12-30-16/h3-5,7-9,11,13,16,18H,2,6,10,12,14H2,1H3,(H2,23,24,28,29)/t16-,18+/m1/s1. The van der Waals surface area contributed by atoms with Crippen LogP contribution in [-0.2, 0) is 16.1 Å². The van der Waals surface area contributed by atoms with Crippen LogP contribution in [0.15, 0.2) is 53.0 Å². The molecule has 1 fully saturated rings. The molecule has 2 atom stereocenters. The van der Waals surface area contributed by atoms with E-state index < -0.39 is 17.2 Å². The predicted molar refractivity (Wildman–Crippen MR) is 125 cm³/mol. The van der Waals surface area contributed by atoms with E-state index in [4.69, 9.17) is 4.74 Å². The molecular weight excluding hydrogens is 446 g/mol. The quantitative estimate of drug-likeness (QED) is 0.484. The third-order valence-corrected chi connectivity index (χ3v) is 7.11. The molecule has 1 aromatic carbocycles. The number of benzene rings is 1. The van der Waals surface area contributed by atoms with Crippen molar-refractivity contribution in [3.8, 4) is 10.7 Å². The molecule has 0 saturated carbocycles. The fraction of sp³-hybridized carbons (Fsp3) is 0.364. The second-order valence-electron chi connectivity index (χ2n) is 7.29. The molecule has 1 aliphatic heterocycles. The van der Waals surface area contributed by atoms with Gasteiger partial charge in [-0.15, -0.1) is 21.5 Å². The molecule has 4 rings (SSSR count). The van der Waals surface area contributed by atoms with Gasteiger partial charge in [0.2, 0.25) is 5.91 Å². The highest BCUT2D eigenvalue weighted by molar-refractivity contribution is 8.00. The number of carbonyl (C=O) groups is 2. The number of carbonyl (C=O) groups excluding carboxylic acids is 2. The number of nitrogens with one attached hydrogen (secondary N) is 2. The van der Waals surface area contributed by atoms with Crippen molar-refractivity contribution >= 4 is 35.0 Å². The molecule has 0 unspecified atom stereocenters. The number of imide groups is 1. The Hall–Kier alpha value is -2.69. The van der Waals surface area contributed by atoms with Crippen LogP contribution in [0.5, 0.6) is 0 Å². The number of ether oxygens (including phenoxy) is 1. The first-order chi connectivity index (χ1) is 15.7. The number of amides is 3. The normalized spacial score (nSPS) is 16.6. The minimum absolute atomic E-state index is 0.0865. The molecule has 2 N–H and O–H groups in total. The second kappa shape index (κ2) is 10.8. The van der Waals surface area contributed by atoms with Gasteiger partial charge in [-0.2, -0.15) is 0 Å². The zero-order valence-electron chi connectivity index (χ0n) is 17.7. The van der Waals surface area contributed by atoms with Crippen LogP contribution in [0, 0.1) is 0 Å². The summed E-state index contributed by atoms with van der Waals surface area (Å²) in [7, 11) is 0. The number of thiophene rings is 1. The van der Waals surface area contributed by atoms with Crippen LogP contribution in [0.2, 0.25) is 0 Å². The molecule has 1 saturated heterocycles.